The van der Waals surface area contributed by atoms with Gasteiger partial charge in [0, 0.05) is 16.7 Å². The van der Waals surface area contributed by atoms with E-state index in [1.165, 1.54) is 16.4 Å². The highest BCUT2D eigenvalue weighted by atomic mass is 79.9. The minimum atomic E-state index is -3.86. The second-order valence-electron chi connectivity index (χ2n) is 7.53. The van der Waals surface area contributed by atoms with Gasteiger partial charge in [-0.25, -0.2) is 8.42 Å². The number of aryl methyl sites for hydroxylation is 3. The monoisotopic (exact) mass is 500 g/mol. The molecule has 3 aromatic carbocycles. The fraction of sp³-hybridized carbons (Fsp3) is 0.208. The van der Waals surface area contributed by atoms with Gasteiger partial charge in [0.2, 0.25) is 15.9 Å². The van der Waals surface area contributed by atoms with Crippen molar-refractivity contribution in [2.24, 2.45) is 0 Å². The first-order valence-corrected chi connectivity index (χ1v) is 12.1. The van der Waals surface area contributed by atoms with Gasteiger partial charge in [0.1, 0.15) is 0 Å². The van der Waals surface area contributed by atoms with Gasteiger partial charge < -0.3 is 5.32 Å². The summed E-state index contributed by atoms with van der Waals surface area (Å²) in [6.45, 7) is 5.65. The number of nitrogens with one attached hydrogen (secondary N) is 1. The molecule has 0 bridgehead atoms. The van der Waals surface area contributed by atoms with E-state index in [0.717, 1.165) is 32.4 Å². The molecule has 0 fully saturated rings. The normalized spacial score (nSPS) is 11.5. The van der Waals surface area contributed by atoms with Crippen LogP contribution < -0.4 is 5.32 Å². The first-order chi connectivity index (χ1) is 14.7. The molecule has 3 aromatic rings. The predicted octanol–water partition coefficient (Wildman–Crippen LogP) is 5.20. The molecule has 0 unspecified atom stereocenters. The van der Waals surface area contributed by atoms with E-state index in [1.807, 2.05) is 57.2 Å². The molecule has 0 aromatic heterocycles. The van der Waals surface area contributed by atoms with Crippen molar-refractivity contribution in [1.82, 2.24) is 4.31 Å². The van der Waals surface area contributed by atoms with Gasteiger partial charge in [-0.15, -0.1) is 0 Å². The summed E-state index contributed by atoms with van der Waals surface area (Å²) in [5, 5.41) is 2.90. The molecule has 0 aliphatic rings. The van der Waals surface area contributed by atoms with Gasteiger partial charge in [0.25, 0.3) is 0 Å². The zero-order chi connectivity index (χ0) is 22.6. The average molecular weight is 501 g/mol. The molecule has 7 heteroatoms. The molecule has 0 heterocycles. The largest absolute Gasteiger partial charge is 0.324 e. The van der Waals surface area contributed by atoms with Crippen molar-refractivity contribution in [3.8, 4) is 0 Å². The lowest BCUT2D eigenvalue weighted by atomic mass is 10.1. The molecule has 1 amide bonds. The highest BCUT2D eigenvalue weighted by Gasteiger charge is 2.27. The fourth-order valence-corrected chi connectivity index (χ4v) is 5.15. The Labute approximate surface area is 192 Å². The number of rotatable bonds is 7. The van der Waals surface area contributed by atoms with Crippen LogP contribution in [-0.4, -0.2) is 25.2 Å². The van der Waals surface area contributed by atoms with Gasteiger partial charge in [0.15, 0.2) is 0 Å². The summed E-state index contributed by atoms with van der Waals surface area (Å²) in [6, 6.07) is 19.5. The van der Waals surface area contributed by atoms with E-state index in [2.05, 4.69) is 21.2 Å². The van der Waals surface area contributed by atoms with Gasteiger partial charge >= 0.3 is 0 Å². The third-order valence-electron chi connectivity index (χ3n) is 4.91. The number of halogens is 1. The highest BCUT2D eigenvalue weighted by Crippen LogP contribution is 2.23. The van der Waals surface area contributed by atoms with Gasteiger partial charge in [0.05, 0.1) is 11.4 Å². The molecule has 5 nitrogen and oxygen atoms in total. The van der Waals surface area contributed by atoms with Crippen LogP contribution in [0.2, 0.25) is 0 Å². The topological polar surface area (TPSA) is 66.5 Å². The lowest BCUT2D eigenvalue weighted by molar-refractivity contribution is -0.116. The van der Waals surface area contributed by atoms with Crippen molar-refractivity contribution in [2.75, 3.05) is 11.9 Å². The molecule has 0 spiro atoms. The standard InChI is InChI=1S/C24H25BrN2O3S/c1-17-13-18(2)24(19(3)14-17)26-23(28)16-27(15-20-9-11-21(25)12-10-20)31(29,30)22-7-5-4-6-8-22/h4-14H,15-16H2,1-3H3,(H,26,28). The van der Waals surface area contributed by atoms with Crippen LogP contribution >= 0.6 is 15.9 Å². The second kappa shape index (κ2) is 9.77. The molecular formula is C24H25BrN2O3S. The van der Waals surface area contributed by atoms with Crippen LogP contribution in [0.3, 0.4) is 0 Å². The number of hydrogen-bond donors (Lipinski definition) is 1. The van der Waals surface area contributed by atoms with Crippen molar-refractivity contribution < 1.29 is 13.2 Å². The lowest BCUT2D eigenvalue weighted by Gasteiger charge is -2.23. The Morgan fingerprint density at radius 2 is 1.52 bits per heavy atom. The Kier molecular flexibility index (Phi) is 7.30. The number of carbonyl (C=O) groups is 1. The molecule has 31 heavy (non-hydrogen) atoms. The Morgan fingerprint density at radius 1 is 0.935 bits per heavy atom. The van der Waals surface area contributed by atoms with Crippen LogP contribution in [0.5, 0.6) is 0 Å². The van der Waals surface area contributed by atoms with Gasteiger partial charge in [-0.1, -0.05) is 64.0 Å². The van der Waals surface area contributed by atoms with Crippen LogP contribution in [0.4, 0.5) is 5.69 Å². The number of hydrogen-bond acceptors (Lipinski definition) is 3. The van der Waals surface area contributed by atoms with E-state index in [9.17, 15) is 13.2 Å². The van der Waals surface area contributed by atoms with Crippen LogP contribution in [0.25, 0.3) is 0 Å². The van der Waals surface area contributed by atoms with Crippen molar-refractivity contribution in [3.63, 3.8) is 0 Å². The van der Waals surface area contributed by atoms with Crippen LogP contribution in [0.1, 0.15) is 22.3 Å². The average Bonchev–Trinajstić information content (AvgIpc) is 2.72. The van der Waals surface area contributed by atoms with E-state index in [1.54, 1.807) is 18.2 Å². The number of benzene rings is 3. The van der Waals surface area contributed by atoms with Gasteiger partial charge in [-0.05, 0) is 61.7 Å². The third kappa shape index (κ3) is 5.81. The molecule has 1 N–H and O–H groups in total. The van der Waals surface area contributed by atoms with Crippen LogP contribution in [-0.2, 0) is 21.4 Å². The Balaban J connectivity index is 1.89. The quantitative estimate of drug-likeness (QED) is 0.484. The third-order valence-corrected chi connectivity index (χ3v) is 7.25. The van der Waals surface area contributed by atoms with Crippen molar-refractivity contribution in [1.29, 1.82) is 0 Å². The Bertz CT molecular complexity index is 1150. The highest BCUT2D eigenvalue weighted by molar-refractivity contribution is 9.10. The maximum atomic E-state index is 13.3. The molecule has 3 rings (SSSR count). The van der Waals surface area contributed by atoms with Crippen LogP contribution in [0.15, 0.2) is 76.1 Å². The number of amides is 1. The molecule has 0 aliphatic heterocycles. The first kappa shape index (κ1) is 23.2. The zero-order valence-electron chi connectivity index (χ0n) is 17.7. The van der Waals surface area contributed by atoms with E-state index in [-0.39, 0.29) is 23.9 Å². The number of carbonyl (C=O) groups excluding carboxylic acids is 1. The van der Waals surface area contributed by atoms with Gasteiger partial charge in [-0.2, -0.15) is 4.31 Å². The summed E-state index contributed by atoms with van der Waals surface area (Å²) in [5.41, 5.74) is 4.50. The Morgan fingerprint density at radius 3 is 2.10 bits per heavy atom. The van der Waals surface area contributed by atoms with E-state index in [0.29, 0.717) is 0 Å². The van der Waals surface area contributed by atoms with Gasteiger partial charge in [-0.3, -0.25) is 4.79 Å². The number of sulfonamides is 1. The molecule has 0 saturated heterocycles. The van der Waals surface area contributed by atoms with Crippen molar-refractivity contribution in [2.45, 2.75) is 32.2 Å². The minimum Gasteiger partial charge on any atom is -0.324 e. The summed E-state index contributed by atoms with van der Waals surface area (Å²) in [5.74, 6) is -0.383. The summed E-state index contributed by atoms with van der Waals surface area (Å²) < 4.78 is 28.7. The fourth-order valence-electron chi connectivity index (χ4n) is 3.48. The van der Waals surface area contributed by atoms with Crippen molar-refractivity contribution in [3.05, 3.63) is 93.5 Å². The maximum absolute atomic E-state index is 13.3. The molecule has 0 atom stereocenters. The molecule has 162 valence electrons. The van der Waals surface area contributed by atoms with E-state index in [4.69, 9.17) is 0 Å². The second-order valence-corrected chi connectivity index (χ2v) is 10.4. The van der Waals surface area contributed by atoms with Crippen LogP contribution in [0, 0.1) is 20.8 Å². The SMILES string of the molecule is Cc1cc(C)c(NC(=O)CN(Cc2ccc(Br)cc2)S(=O)(=O)c2ccccc2)c(C)c1. The van der Waals surface area contributed by atoms with Crippen molar-refractivity contribution >= 4 is 37.5 Å². The number of nitrogens with zero attached hydrogens (tertiary/aromatic N) is 1. The molecule has 0 aliphatic carbocycles. The minimum absolute atomic E-state index is 0.0871. The Hall–Kier alpha value is -2.48. The summed E-state index contributed by atoms with van der Waals surface area (Å²) in [6.07, 6.45) is 0. The summed E-state index contributed by atoms with van der Waals surface area (Å²) >= 11 is 3.39. The molecule has 0 saturated carbocycles. The first-order valence-electron chi connectivity index (χ1n) is 9.84. The predicted molar refractivity (Wildman–Crippen MR) is 127 cm³/mol. The summed E-state index contributed by atoms with van der Waals surface area (Å²) in [4.78, 5) is 13.1. The van der Waals surface area contributed by atoms with E-state index >= 15 is 0 Å². The smallest absolute Gasteiger partial charge is 0.243 e. The zero-order valence-corrected chi connectivity index (χ0v) is 20.1. The molecule has 0 radical (unpaired) electrons. The molecular weight excluding hydrogens is 476 g/mol. The maximum Gasteiger partial charge on any atom is 0.243 e. The number of anilines is 1. The van der Waals surface area contributed by atoms with E-state index < -0.39 is 10.0 Å². The summed E-state index contributed by atoms with van der Waals surface area (Å²) in [7, 11) is -3.86. The lowest BCUT2D eigenvalue weighted by Crippen LogP contribution is -2.37.